The molecule has 2 N–H and O–H groups in total. The van der Waals surface area contributed by atoms with Crippen molar-refractivity contribution in [3.63, 3.8) is 0 Å². The Morgan fingerprint density at radius 2 is 1.97 bits per heavy atom. The van der Waals surface area contributed by atoms with Gasteiger partial charge in [-0.15, -0.1) is 0 Å². The number of fused-ring (bicyclic) bond motifs is 4. The van der Waals surface area contributed by atoms with E-state index in [9.17, 15) is 4.79 Å². The smallest absolute Gasteiger partial charge is 0.328 e. The number of carbonyl (C=O) groups is 1. The average molecular weight is 419 g/mol. The Kier molecular flexibility index (Phi) is 4.14. The Balaban J connectivity index is 1.26. The van der Waals surface area contributed by atoms with Crippen LogP contribution < -0.4 is 20.4 Å². The van der Waals surface area contributed by atoms with E-state index in [-0.39, 0.29) is 6.03 Å². The summed E-state index contributed by atoms with van der Waals surface area (Å²) in [6.45, 7) is 6.50. The summed E-state index contributed by atoms with van der Waals surface area (Å²) in [6, 6.07) is 3.04. The van der Waals surface area contributed by atoms with Crippen LogP contribution in [-0.2, 0) is 6.42 Å². The molecule has 2 bridgehead atoms. The summed E-state index contributed by atoms with van der Waals surface area (Å²) in [6.07, 6.45) is 8.87. The third-order valence-corrected chi connectivity index (χ3v) is 6.61. The van der Waals surface area contributed by atoms with Gasteiger partial charge in [0.15, 0.2) is 11.5 Å². The number of imidazole rings is 1. The second-order valence-corrected chi connectivity index (χ2v) is 8.83. The highest BCUT2D eigenvalue weighted by molar-refractivity contribution is 6.02. The molecule has 3 aliphatic rings. The predicted molar refractivity (Wildman–Crippen MR) is 119 cm³/mol. The molecule has 31 heavy (non-hydrogen) atoms. The van der Waals surface area contributed by atoms with E-state index in [1.807, 2.05) is 30.6 Å². The molecule has 9 nitrogen and oxygen atoms in total. The number of hydrogen-bond acceptors (Lipinski definition) is 6. The summed E-state index contributed by atoms with van der Waals surface area (Å²) in [5.74, 6) is 1.27. The highest BCUT2D eigenvalue weighted by Gasteiger charge is 2.35. The zero-order valence-corrected chi connectivity index (χ0v) is 17.8. The first-order valence-corrected chi connectivity index (χ1v) is 11.0. The van der Waals surface area contributed by atoms with Gasteiger partial charge in [0.1, 0.15) is 5.82 Å². The van der Waals surface area contributed by atoms with E-state index in [0.717, 1.165) is 42.4 Å². The lowest BCUT2D eigenvalue weighted by atomic mass is 10.1. The number of nitrogens with one attached hydrogen (secondary N) is 2. The van der Waals surface area contributed by atoms with Crippen LogP contribution in [0.1, 0.15) is 29.8 Å². The van der Waals surface area contributed by atoms with Crippen molar-refractivity contribution in [3.05, 3.63) is 41.6 Å². The first-order chi connectivity index (χ1) is 15.0. The summed E-state index contributed by atoms with van der Waals surface area (Å²) in [7, 11) is 0. The summed E-state index contributed by atoms with van der Waals surface area (Å²) in [5, 5.41) is 6.64. The summed E-state index contributed by atoms with van der Waals surface area (Å²) < 4.78 is 1.90. The molecule has 6 heterocycles. The third-order valence-electron chi connectivity index (χ3n) is 6.61. The Morgan fingerprint density at radius 1 is 1.16 bits per heavy atom. The highest BCUT2D eigenvalue weighted by Crippen LogP contribution is 2.36. The molecule has 3 aliphatic heterocycles. The van der Waals surface area contributed by atoms with Crippen LogP contribution in [0.4, 0.5) is 22.1 Å². The van der Waals surface area contributed by atoms with E-state index < -0.39 is 0 Å². The molecular formula is C22H26N8O. The van der Waals surface area contributed by atoms with Crippen molar-refractivity contribution in [2.45, 2.75) is 45.2 Å². The molecule has 3 aromatic heterocycles. The number of amides is 2. The van der Waals surface area contributed by atoms with Crippen molar-refractivity contribution in [1.29, 1.82) is 0 Å². The van der Waals surface area contributed by atoms with Crippen LogP contribution in [0.15, 0.2) is 24.7 Å². The molecule has 0 radical (unpaired) electrons. The molecule has 0 aliphatic carbocycles. The molecule has 0 saturated carbocycles. The van der Waals surface area contributed by atoms with Crippen molar-refractivity contribution in [3.8, 4) is 0 Å². The van der Waals surface area contributed by atoms with Gasteiger partial charge in [-0.25, -0.2) is 19.7 Å². The van der Waals surface area contributed by atoms with E-state index in [0.29, 0.717) is 24.4 Å². The van der Waals surface area contributed by atoms with Gasteiger partial charge in [0.25, 0.3) is 0 Å². The number of nitrogens with zero attached hydrogens (tertiary/aromatic N) is 6. The number of hydrogen-bond donors (Lipinski definition) is 2. The van der Waals surface area contributed by atoms with Gasteiger partial charge in [-0.1, -0.05) is 0 Å². The molecule has 0 spiro atoms. The van der Waals surface area contributed by atoms with Crippen LogP contribution in [0.5, 0.6) is 0 Å². The predicted octanol–water partition coefficient (Wildman–Crippen LogP) is 2.28. The Morgan fingerprint density at radius 3 is 2.77 bits per heavy atom. The largest absolute Gasteiger partial charge is 0.368 e. The average Bonchev–Trinajstić information content (AvgIpc) is 3.43. The van der Waals surface area contributed by atoms with Gasteiger partial charge in [0.05, 0.1) is 17.6 Å². The second kappa shape index (κ2) is 6.91. The molecule has 0 aromatic carbocycles. The van der Waals surface area contributed by atoms with Crippen LogP contribution in [0, 0.1) is 13.8 Å². The van der Waals surface area contributed by atoms with Crippen LogP contribution in [0.3, 0.4) is 0 Å². The molecule has 2 amide bonds. The number of pyridine rings is 1. The summed E-state index contributed by atoms with van der Waals surface area (Å²) >= 11 is 0. The second-order valence-electron chi connectivity index (χ2n) is 8.83. The lowest BCUT2D eigenvalue weighted by Crippen LogP contribution is -2.51. The molecule has 2 saturated heterocycles. The van der Waals surface area contributed by atoms with Gasteiger partial charge >= 0.3 is 6.03 Å². The lowest BCUT2D eigenvalue weighted by Gasteiger charge is -2.35. The van der Waals surface area contributed by atoms with E-state index in [1.54, 1.807) is 11.1 Å². The number of aryl methyl sites for hydroxylation is 2. The normalized spacial score (nSPS) is 22.3. The van der Waals surface area contributed by atoms with Crippen molar-refractivity contribution in [1.82, 2.24) is 24.7 Å². The highest BCUT2D eigenvalue weighted by atomic mass is 16.2. The zero-order valence-electron chi connectivity index (χ0n) is 17.8. The maximum Gasteiger partial charge on any atom is 0.328 e. The minimum atomic E-state index is -0.202. The van der Waals surface area contributed by atoms with Crippen molar-refractivity contribution < 1.29 is 4.79 Å². The quantitative estimate of drug-likeness (QED) is 0.664. The maximum atomic E-state index is 13.1. The number of aromatic nitrogens is 4. The van der Waals surface area contributed by atoms with Gasteiger partial charge < -0.3 is 14.6 Å². The van der Waals surface area contributed by atoms with E-state index in [4.69, 9.17) is 0 Å². The number of piperazine rings is 1. The maximum absolute atomic E-state index is 13.1. The van der Waals surface area contributed by atoms with Crippen molar-refractivity contribution >= 4 is 29.0 Å². The zero-order chi connectivity index (χ0) is 21.1. The van der Waals surface area contributed by atoms with Crippen LogP contribution >= 0.6 is 0 Å². The minimum Gasteiger partial charge on any atom is -0.368 e. The van der Waals surface area contributed by atoms with Crippen LogP contribution in [0.25, 0.3) is 5.65 Å². The summed E-state index contributed by atoms with van der Waals surface area (Å²) in [4.78, 5) is 30.9. The van der Waals surface area contributed by atoms with E-state index in [1.165, 1.54) is 24.1 Å². The van der Waals surface area contributed by atoms with Gasteiger partial charge in [-0.2, -0.15) is 0 Å². The fourth-order valence-electron chi connectivity index (χ4n) is 5.27. The van der Waals surface area contributed by atoms with Gasteiger partial charge in [0.2, 0.25) is 0 Å². The van der Waals surface area contributed by atoms with Crippen LogP contribution in [-0.4, -0.2) is 57.1 Å². The molecule has 2 atom stereocenters. The van der Waals surface area contributed by atoms with Gasteiger partial charge in [-0.05, 0) is 39.2 Å². The molecule has 3 aromatic rings. The first-order valence-electron chi connectivity index (χ1n) is 11.0. The summed E-state index contributed by atoms with van der Waals surface area (Å²) in [5.41, 5.74) is 4.89. The number of anilines is 3. The lowest BCUT2D eigenvalue weighted by molar-refractivity contribution is 0.257. The topological polar surface area (TPSA) is 90.7 Å². The van der Waals surface area contributed by atoms with E-state index >= 15 is 0 Å². The van der Waals surface area contributed by atoms with E-state index in [2.05, 4.69) is 36.6 Å². The molecule has 160 valence electrons. The number of rotatable bonds is 2. The minimum absolute atomic E-state index is 0.202. The standard InChI is InChI=1S/C22H26N8O/c1-13-9-29-12-19(25-14(2)20(29)24-13)27-22(31)30-8-6-17-18(5-7-23-21(17)30)28-10-15-3-4-16(11-28)26-15/h5,7,9,12,15-16,26H,3-4,6,8,10-11H2,1-2H3,(H,27,31). The van der Waals surface area contributed by atoms with Gasteiger partial charge in [0, 0.05) is 55.4 Å². The fraction of sp³-hybridized carbons (Fsp3) is 0.455. The van der Waals surface area contributed by atoms with Crippen molar-refractivity contribution in [2.75, 3.05) is 34.8 Å². The molecular weight excluding hydrogens is 392 g/mol. The molecule has 2 unspecified atom stereocenters. The monoisotopic (exact) mass is 418 g/mol. The SMILES string of the molecule is Cc1cn2cc(NC(=O)N3CCc4c(N5CC6CCC(C5)N6)ccnc43)nc(C)c2n1. The van der Waals surface area contributed by atoms with Gasteiger partial charge in [-0.3, -0.25) is 10.2 Å². The fourth-order valence-corrected chi connectivity index (χ4v) is 5.27. The Labute approximate surface area is 180 Å². The Bertz CT molecular complexity index is 1180. The molecule has 6 rings (SSSR count). The molecule has 9 heteroatoms. The number of urea groups is 1. The Hall–Kier alpha value is -3.20. The molecule has 2 fully saturated rings. The van der Waals surface area contributed by atoms with Crippen molar-refractivity contribution in [2.24, 2.45) is 0 Å². The third kappa shape index (κ3) is 3.11. The first kappa shape index (κ1) is 18.6. The number of carbonyl (C=O) groups excluding carboxylic acids is 1. The van der Waals surface area contributed by atoms with Crippen LogP contribution in [0.2, 0.25) is 0 Å².